The van der Waals surface area contributed by atoms with Gasteiger partial charge in [-0.15, -0.1) is 5.10 Å². The van der Waals surface area contributed by atoms with Gasteiger partial charge in [-0.1, -0.05) is 5.21 Å². The SMILES string of the molecule is CN1CCC(CNCc2cn(CCO)nn2)C1. The van der Waals surface area contributed by atoms with Crippen LogP contribution in [-0.2, 0) is 13.1 Å². The third-order valence-electron chi connectivity index (χ3n) is 3.14. The minimum absolute atomic E-state index is 0.102. The van der Waals surface area contributed by atoms with Crippen LogP contribution in [0.5, 0.6) is 0 Å². The molecule has 0 spiro atoms. The summed E-state index contributed by atoms with van der Waals surface area (Å²) in [5.41, 5.74) is 0.935. The number of nitrogens with one attached hydrogen (secondary N) is 1. The molecule has 0 radical (unpaired) electrons. The Balaban J connectivity index is 1.67. The number of hydrogen-bond donors (Lipinski definition) is 2. The van der Waals surface area contributed by atoms with Crippen molar-refractivity contribution >= 4 is 0 Å². The van der Waals surface area contributed by atoms with Crippen LogP contribution in [0.4, 0.5) is 0 Å². The van der Waals surface area contributed by atoms with Gasteiger partial charge in [-0.25, -0.2) is 4.68 Å². The second-order valence-corrected chi connectivity index (χ2v) is 4.74. The summed E-state index contributed by atoms with van der Waals surface area (Å²) in [7, 11) is 2.17. The molecule has 2 N–H and O–H groups in total. The highest BCUT2D eigenvalue weighted by Gasteiger charge is 2.18. The van der Waals surface area contributed by atoms with Gasteiger partial charge in [-0.05, 0) is 32.5 Å². The lowest BCUT2D eigenvalue weighted by molar-refractivity contribution is 0.268. The number of aliphatic hydroxyl groups excluding tert-OH is 1. The van der Waals surface area contributed by atoms with Gasteiger partial charge in [0.25, 0.3) is 0 Å². The fourth-order valence-corrected chi connectivity index (χ4v) is 2.23. The van der Waals surface area contributed by atoms with Crippen LogP contribution in [-0.4, -0.2) is 58.3 Å². The molecular weight excluding hydrogens is 218 g/mol. The Hall–Kier alpha value is -0.980. The maximum atomic E-state index is 8.76. The average molecular weight is 239 g/mol. The van der Waals surface area contributed by atoms with E-state index in [-0.39, 0.29) is 6.61 Å². The maximum Gasteiger partial charge on any atom is 0.0964 e. The summed E-state index contributed by atoms with van der Waals surface area (Å²) < 4.78 is 1.67. The lowest BCUT2D eigenvalue weighted by Crippen LogP contribution is -2.24. The van der Waals surface area contributed by atoms with Gasteiger partial charge < -0.3 is 15.3 Å². The second-order valence-electron chi connectivity index (χ2n) is 4.74. The molecule has 6 heteroatoms. The minimum Gasteiger partial charge on any atom is -0.394 e. The first-order valence-corrected chi connectivity index (χ1v) is 6.17. The lowest BCUT2D eigenvalue weighted by Gasteiger charge is -2.10. The van der Waals surface area contributed by atoms with E-state index in [9.17, 15) is 0 Å². The van der Waals surface area contributed by atoms with Gasteiger partial charge in [0.1, 0.15) is 0 Å². The van der Waals surface area contributed by atoms with E-state index in [1.54, 1.807) is 4.68 Å². The minimum atomic E-state index is 0.102. The zero-order valence-electron chi connectivity index (χ0n) is 10.3. The van der Waals surface area contributed by atoms with Crippen molar-refractivity contribution in [2.45, 2.75) is 19.5 Å². The smallest absolute Gasteiger partial charge is 0.0964 e. The van der Waals surface area contributed by atoms with Crippen molar-refractivity contribution in [2.75, 3.05) is 33.3 Å². The molecule has 0 aliphatic carbocycles. The summed E-state index contributed by atoms with van der Waals surface area (Å²) in [6, 6.07) is 0. The Labute approximate surface area is 102 Å². The fraction of sp³-hybridized carbons (Fsp3) is 0.818. The van der Waals surface area contributed by atoms with Crippen LogP contribution in [0, 0.1) is 5.92 Å². The molecule has 2 heterocycles. The first-order chi connectivity index (χ1) is 8.28. The number of aromatic nitrogens is 3. The first-order valence-electron chi connectivity index (χ1n) is 6.17. The van der Waals surface area contributed by atoms with E-state index in [0.717, 1.165) is 24.7 Å². The standard InChI is InChI=1S/C11H21N5O/c1-15-3-2-10(8-15)6-12-7-11-9-16(4-5-17)14-13-11/h9-10,12,17H,2-8H2,1H3. The van der Waals surface area contributed by atoms with E-state index in [4.69, 9.17) is 5.11 Å². The molecule has 1 aromatic heterocycles. The Bertz CT molecular complexity index is 340. The lowest BCUT2D eigenvalue weighted by atomic mass is 10.1. The molecule has 17 heavy (non-hydrogen) atoms. The van der Waals surface area contributed by atoms with Gasteiger partial charge in [-0.2, -0.15) is 0 Å². The molecular formula is C11H21N5O. The second kappa shape index (κ2) is 6.09. The van der Waals surface area contributed by atoms with E-state index < -0.39 is 0 Å². The Morgan fingerprint density at radius 3 is 3.18 bits per heavy atom. The fourth-order valence-electron chi connectivity index (χ4n) is 2.23. The Morgan fingerprint density at radius 1 is 1.59 bits per heavy atom. The van der Waals surface area contributed by atoms with Crippen molar-refractivity contribution in [1.29, 1.82) is 0 Å². The van der Waals surface area contributed by atoms with Gasteiger partial charge in [-0.3, -0.25) is 0 Å². The quantitative estimate of drug-likeness (QED) is 0.688. The molecule has 0 saturated carbocycles. The maximum absolute atomic E-state index is 8.76. The zero-order valence-corrected chi connectivity index (χ0v) is 10.3. The normalized spacial score (nSPS) is 21.2. The molecule has 96 valence electrons. The van der Waals surface area contributed by atoms with Crippen molar-refractivity contribution in [2.24, 2.45) is 5.92 Å². The van der Waals surface area contributed by atoms with Crippen LogP contribution in [0.25, 0.3) is 0 Å². The molecule has 2 rings (SSSR count). The van der Waals surface area contributed by atoms with Crippen LogP contribution in [0.2, 0.25) is 0 Å². The monoisotopic (exact) mass is 239 g/mol. The van der Waals surface area contributed by atoms with Gasteiger partial charge in [0, 0.05) is 19.3 Å². The summed E-state index contributed by atoms with van der Waals surface area (Å²) >= 11 is 0. The predicted molar refractivity (Wildman–Crippen MR) is 64.4 cm³/mol. The highest BCUT2D eigenvalue weighted by atomic mass is 16.3. The van der Waals surface area contributed by atoms with Gasteiger partial charge in [0.15, 0.2) is 0 Å². The summed E-state index contributed by atoms with van der Waals surface area (Å²) in [6.45, 7) is 4.80. The van der Waals surface area contributed by atoms with Crippen LogP contribution in [0.1, 0.15) is 12.1 Å². The summed E-state index contributed by atoms with van der Waals surface area (Å²) in [4.78, 5) is 2.36. The number of hydrogen-bond acceptors (Lipinski definition) is 5. The molecule has 0 bridgehead atoms. The summed E-state index contributed by atoms with van der Waals surface area (Å²) in [5, 5.41) is 20.1. The zero-order chi connectivity index (χ0) is 12.1. The average Bonchev–Trinajstić information content (AvgIpc) is 2.89. The molecule has 6 nitrogen and oxygen atoms in total. The Morgan fingerprint density at radius 2 is 2.47 bits per heavy atom. The van der Waals surface area contributed by atoms with Gasteiger partial charge in [0.05, 0.1) is 18.8 Å². The number of likely N-dealkylation sites (tertiary alicyclic amines) is 1. The summed E-state index contributed by atoms with van der Waals surface area (Å²) in [6.07, 6.45) is 3.16. The third-order valence-corrected chi connectivity index (χ3v) is 3.14. The van der Waals surface area contributed by atoms with E-state index in [1.165, 1.54) is 19.5 Å². The van der Waals surface area contributed by atoms with Crippen LogP contribution < -0.4 is 5.32 Å². The van der Waals surface area contributed by atoms with Crippen molar-refractivity contribution in [3.63, 3.8) is 0 Å². The molecule has 0 aromatic carbocycles. The number of rotatable bonds is 6. The molecule has 1 fully saturated rings. The van der Waals surface area contributed by atoms with Crippen LogP contribution >= 0.6 is 0 Å². The molecule has 1 saturated heterocycles. The van der Waals surface area contributed by atoms with E-state index >= 15 is 0 Å². The topological polar surface area (TPSA) is 66.2 Å². The van der Waals surface area contributed by atoms with E-state index in [0.29, 0.717) is 6.54 Å². The molecule has 1 aliphatic heterocycles. The third kappa shape index (κ3) is 3.76. The van der Waals surface area contributed by atoms with Crippen molar-refractivity contribution in [1.82, 2.24) is 25.2 Å². The molecule has 1 aliphatic rings. The largest absolute Gasteiger partial charge is 0.394 e. The van der Waals surface area contributed by atoms with Gasteiger partial charge in [0.2, 0.25) is 0 Å². The van der Waals surface area contributed by atoms with Gasteiger partial charge >= 0.3 is 0 Å². The number of aliphatic hydroxyl groups is 1. The first kappa shape index (κ1) is 12.5. The Kier molecular flexibility index (Phi) is 4.47. The molecule has 1 unspecified atom stereocenters. The summed E-state index contributed by atoms with van der Waals surface area (Å²) in [5.74, 6) is 0.757. The van der Waals surface area contributed by atoms with Crippen molar-refractivity contribution in [3.05, 3.63) is 11.9 Å². The number of nitrogens with zero attached hydrogens (tertiary/aromatic N) is 4. The highest BCUT2D eigenvalue weighted by Crippen LogP contribution is 2.12. The predicted octanol–water partition coefficient (Wildman–Crippen LogP) is -0.688. The van der Waals surface area contributed by atoms with Crippen LogP contribution in [0.3, 0.4) is 0 Å². The van der Waals surface area contributed by atoms with Crippen molar-refractivity contribution < 1.29 is 5.11 Å². The van der Waals surface area contributed by atoms with Crippen LogP contribution in [0.15, 0.2) is 6.20 Å². The molecule has 0 amide bonds. The van der Waals surface area contributed by atoms with Crippen molar-refractivity contribution in [3.8, 4) is 0 Å². The molecule has 1 aromatic rings. The van der Waals surface area contributed by atoms with E-state index in [1.807, 2.05) is 6.20 Å². The van der Waals surface area contributed by atoms with E-state index in [2.05, 4.69) is 27.6 Å². The highest BCUT2D eigenvalue weighted by molar-refractivity contribution is 4.91. The molecule has 1 atom stereocenters.